The molecule has 4 nitrogen and oxygen atoms in total. The normalized spacial score (nSPS) is 22.5. The maximum atomic E-state index is 12.2. The Morgan fingerprint density at radius 1 is 1.32 bits per heavy atom. The molecule has 5 heteroatoms. The SMILES string of the molecule is Cc1ccc(C(=O)N[C@@H]2CCCC[C@H]2N)c(C)n1.Cl. The fraction of sp³-hybridized carbons (Fsp3) is 0.571. The molecule has 1 heterocycles. The van der Waals surface area contributed by atoms with Crippen LogP contribution in [0.3, 0.4) is 0 Å². The van der Waals surface area contributed by atoms with Crippen molar-refractivity contribution in [1.82, 2.24) is 10.3 Å². The van der Waals surface area contributed by atoms with E-state index in [4.69, 9.17) is 5.73 Å². The Bertz CT molecular complexity index is 450. The number of nitrogens with zero attached hydrogens (tertiary/aromatic N) is 1. The number of carbonyl (C=O) groups is 1. The summed E-state index contributed by atoms with van der Waals surface area (Å²) in [4.78, 5) is 16.5. The fourth-order valence-electron chi connectivity index (χ4n) is 2.51. The van der Waals surface area contributed by atoms with E-state index >= 15 is 0 Å². The number of nitrogens with two attached hydrogens (primary N) is 1. The van der Waals surface area contributed by atoms with E-state index in [1.807, 2.05) is 26.0 Å². The number of aryl methyl sites for hydroxylation is 2. The first-order chi connectivity index (χ1) is 8.58. The lowest BCUT2D eigenvalue weighted by Gasteiger charge is -2.29. The number of rotatable bonds is 2. The first-order valence-corrected chi connectivity index (χ1v) is 6.58. The van der Waals surface area contributed by atoms with E-state index in [0.29, 0.717) is 5.56 Å². The van der Waals surface area contributed by atoms with Gasteiger partial charge in [-0.3, -0.25) is 9.78 Å². The minimum Gasteiger partial charge on any atom is -0.348 e. The third-order valence-electron chi connectivity index (χ3n) is 3.61. The Hall–Kier alpha value is -1.13. The van der Waals surface area contributed by atoms with Gasteiger partial charge in [0.25, 0.3) is 5.91 Å². The third kappa shape index (κ3) is 3.91. The van der Waals surface area contributed by atoms with Crippen LogP contribution in [0, 0.1) is 13.8 Å². The fourth-order valence-corrected chi connectivity index (χ4v) is 2.51. The Labute approximate surface area is 120 Å². The van der Waals surface area contributed by atoms with Gasteiger partial charge in [0.15, 0.2) is 0 Å². The lowest BCUT2D eigenvalue weighted by atomic mass is 9.91. The predicted molar refractivity (Wildman–Crippen MR) is 78.7 cm³/mol. The zero-order valence-corrected chi connectivity index (χ0v) is 12.3. The summed E-state index contributed by atoms with van der Waals surface area (Å²) < 4.78 is 0. The van der Waals surface area contributed by atoms with Gasteiger partial charge in [-0.1, -0.05) is 12.8 Å². The van der Waals surface area contributed by atoms with Gasteiger partial charge in [-0.15, -0.1) is 12.4 Å². The van der Waals surface area contributed by atoms with Crippen LogP contribution in [0.2, 0.25) is 0 Å². The van der Waals surface area contributed by atoms with Gasteiger partial charge >= 0.3 is 0 Å². The highest BCUT2D eigenvalue weighted by atomic mass is 35.5. The standard InChI is InChI=1S/C14H21N3O.ClH/c1-9-7-8-11(10(2)16-9)14(18)17-13-6-4-3-5-12(13)15;/h7-8,12-13H,3-6,15H2,1-2H3,(H,17,18);1H/t12-,13-;/m1./s1. The van der Waals surface area contributed by atoms with E-state index in [1.54, 1.807) is 0 Å². The quantitative estimate of drug-likeness (QED) is 0.874. The molecule has 1 aromatic heterocycles. The van der Waals surface area contributed by atoms with Gasteiger partial charge in [0.05, 0.1) is 11.3 Å². The van der Waals surface area contributed by atoms with Crippen molar-refractivity contribution >= 4 is 18.3 Å². The summed E-state index contributed by atoms with van der Waals surface area (Å²) in [5.74, 6) is -0.0534. The van der Waals surface area contributed by atoms with Crippen molar-refractivity contribution in [1.29, 1.82) is 0 Å². The van der Waals surface area contributed by atoms with Crippen LogP contribution in [0.4, 0.5) is 0 Å². The zero-order valence-electron chi connectivity index (χ0n) is 11.5. The molecule has 1 aromatic rings. The number of carbonyl (C=O) groups excluding carboxylic acids is 1. The molecule has 1 aliphatic rings. The second kappa shape index (κ2) is 6.87. The average molecular weight is 284 g/mol. The van der Waals surface area contributed by atoms with Crippen LogP contribution < -0.4 is 11.1 Å². The van der Waals surface area contributed by atoms with Gasteiger partial charge in [-0.25, -0.2) is 0 Å². The highest BCUT2D eigenvalue weighted by Gasteiger charge is 2.24. The van der Waals surface area contributed by atoms with Crippen LogP contribution in [-0.4, -0.2) is 23.0 Å². The largest absolute Gasteiger partial charge is 0.348 e. The van der Waals surface area contributed by atoms with Crippen LogP contribution in [0.5, 0.6) is 0 Å². The minimum atomic E-state index is -0.0534. The molecule has 0 aromatic carbocycles. The number of aromatic nitrogens is 1. The van der Waals surface area contributed by atoms with Crippen molar-refractivity contribution in [3.05, 3.63) is 29.1 Å². The number of nitrogens with one attached hydrogen (secondary N) is 1. The molecule has 0 aliphatic heterocycles. The molecule has 106 valence electrons. The molecule has 0 radical (unpaired) electrons. The first kappa shape index (κ1) is 15.9. The summed E-state index contributed by atoms with van der Waals surface area (Å²) in [5, 5.41) is 3.04. The molecule has 1 fully saturated rings. The second-order valence-electron chi connectivity index (χ2n) is 5.11. The lowest BCUT2D eigenvalue weighted by Crippen LogP contribution is -2.49. The maximum absolute atomic E-state index is 12.2. The summed E-state index contributed by atoms with van der Waals surface area (Å²) in [6, 6.07) is 3.89. The molecule has 0 bridgehead atoms. The lowest BCUT2D eigenvalue weighted by molar-refractivity contribution is 0.0920. The molecule has 0 spiro atoms. The van der Waals surface area contributed by atoms with Crippen LogP contribution in [0.15, 0.2) is 12.1 Å². The van der Waals surface area contributed by atoms with Gasteiger partial charge in [-0.2, -0.15) is 0 Å². The van der Waals surface area contributed by atoms with Crippen LogP contribution >= 0.6 is 12.4 Å². The maximum Gasteiger partial charge on any atom is 0.253 e. The first-order valence-electron chi connectivity index (χ1n) is 6.58. The van der Waals surface area contributed by atoms with Crippen molar-refractivity contribution in [2.75, 3.05) is 0 Å². The number of amides is 1. The average Bonchev–Trinajstić information content (AvgIpc) is 2.32. The minimum absolute atomic E-state index is 0. The topological polar surface area (TPSA) is 68.0 Å². The van der Waals surface area contributed by atoms with Crippen LogP contribution in [0.1, 0.15) is 47.4 Å². The zero-order chi connectivity index (χ0) is 13.1. The predicted octanol–water partition coefficient (Wildman–Crippen LogP) is 2.12. The molecule has 0 unspecified atom stereocenters. The van der Waals surface area contributed by atoms with E-state index < -0.39 is 0 Å². The second-order valence-corrected chi connectivity index (χ2v) is 5.11. The van der Waals surface area contributed by atoms with E-state index in [-0.39, 0.29) is 30.4 Å². The summed E-state index contributed by atoms with van der Waals surface area (Å²) in [5.41, 5.74) is 8.39. The summed E-state index contributed by atoms with van der Waals surface area (Å²) >= 11 is 0. The molecule has 3 N–H and O–H groups in total. The van der Waals surface area contributed by atoms with Crippen molar-refractivity contribution < 1.29 is 4.79 Å². The van der Waals surface area contributed by atoms with Gasteiger partial charge in [-0.05, 0) is 38.8 Å². The van der Waals surface area contributed by atoms with Gasteiger partial charge in [0.1, 0.15) is 0 Å². The monoisotopic (exact) mass is 283 g/mol. The Morgan fingerprint density at radius 3 is 2.63 bits per heavy atom. The van der Waals surface area contributed by atoms with E-state index in [1.165, 1.54) is 6.42 Å². The molecule has 1 saturated carbocycles. The van der Waals surface area contributed by atoms with Gasteiger partial charge in [0, 0.05) is 17.8 Å². The molecule has 19 heavy (non-hydrogen) atoms. The van der Waals surface area contributed by atoms with E-state index in [0.717, 1.165) is 30.7 Å². The molecular weight excluding hydrogens is 262 g/mol. The summed E-state index contributed by atoms with van der Waals surface area (Å²) in [7, 11) is 0. The van der Waals surface area contributed by atoms with Crippen LogP contribution in [0.25, 0.3) is 0 Å². The van der Waals surface area contributed by atoms with E-state index in [2.05, 4.69) is 10.3 Å². The highest BCUT2D eigenvalue weighted by molar-refractivity contribution is 5.95. The molecular formula is C14H22ClN3O. The van der Waals surface area contributed by atoms with Crippen molar-refractivity contribution in [3.63, 3.8) is 0 Å². The van der Waals surface area contributed by atoms with Crippen molar-refractivity contribution in [2.24, 2.45) is 5.73 Å². The molecule has 1 aliphatic carbocycles. The van der Waals surface area contributed by atoms with Crippen molar-refractivity contribution in [2.45, 2.75) is 51.6 Å². The Kier molecular flexibility index (Phi) is 5.76. The van der Waals surface area contributed by atoms with Gasteiger partial charge in [0.2, 0.25) is 0 Å². The number of pyridine rings is 1. The Morgan fingerprint density at radius 2 is 2.00 bits per heavy atom. The number of halogens is 1. The highest BCUT2D eigenvalue weighted by Crippen LogP contribution is 2.17. The smallest absolute Gasteiger partial charge is 0.253 e. The molecule has 1 amide bonds. The van der Waals surface area contributed by atoms with Crippen LogP contribution in [-0.2, 0) is 0 Å². The van der Waals surface area contributed by atoms with Crippen molar-refractivity contribution in [3.8, 4) is 0 Å². The molecule has 2 rings (SSSR count). The summed E-state index contributed by atoms with van der Waals surface area (Å²) in [6.45, 7) is 3.79. The number of hydrogen-bond acceptors (Lipinski definition) is 3. The van der Waals surface area contributed by atoms with E-state index in [9.17, 15) is 4.79 Å². The summed E-state index contributed by atoms with van der Waals surface area (Å²) in [6.07, 6.45) is 4.28. The van der Waals surface area contributed by atoms with Gasteiger partial charge < -0.3 is 11.1 Å². The Balaban J connectivity index is 0.00000180. The third-order valence-corrected chi connectivity index (χ3v) is 3.61. The molecule has 2 atom stereocenters. The molecule has 0 saturated heterocycles. The number of hydrogen-bond donors (Lipinski definition) is 2.